The van der Waals surface area contributed by atoms with E-state index in [1.54, 1.807) is 29.6 Å². The van der Waals surface area contributed by atoms with Crippen LogP contribution in [0.3, 0.4) is 0 Å². The van der Waals surface area contributed by atoms with E-state index in [1.807, 2.05) is 48.5 Å². The van der Waals surface area contributed by atoms with Gasteiger partial charge in [0.25, 0.3) is 0 Å². The summed E-state index contributed by atoms with van der Waals surface area (Å²) < 4.78 is 7.82. The number of carbonyl (C=O) groups is 1. The third-order valence-electron chi connectivity index (χ3n) is 4.09. The van der Waals surface area contributed by atoms with Gasteiger partial charge < -0.3 is 10.1 Å². The predicted molar refractivity (Wildman–Crippen MR) is 119 cm³/mol. The van der Waals surface area contributed by atoms with Gasteiger partial charge in [-0.2, -0.15) is 0 Å². The molecule has 0 radical (unpaired) electrons. The lowest BCUT2D eigenvalue weighted by Gasteiger charge is -2.09. The first-order valence-electron chi connectivity index (χ1n) is 8.93. The van der Waals surface area contributed by atoms with Crippen LogP contribution in [0.4, 0.5) is 5.69 Å². The van der Waals surface area contributed by atoms with Crippen LogP contribution < -0.4 is 10.1 Å². The fourth-order valence-electron chi connectivity index (χ4n) is 2.69. The highest BCUT2D eigenvalue weighted by molar-refractivity contribution is 9.10. The number of carbonyl (C=O) groups excluding carboxylic acids is 1. The normalized spacial score (nSPS) is 10.6. The number of rotatable bonds is 9. The van der Waals surface area contributed by atoms with Gasteiger partial charge in [-0.15, -0.1) is 23.4 Å². The topological polar surface area (TPSA) is 69.0 Å². The number of methoxy groups -OCH3 is 1. The smallest absolute Gasteiger partial charge is 0.230 e. The molecule has 29 heavy (non-hydrogen) atoms. The Balaban J connectivity index is 1.71. The zero-order valence-corrected chi connectivity index (χ0v) is 18.4. The van der Waals surface area contributed by atoms with Crippen LogP contribution in [0.5, 0.6) is 5.75 Å². The first-order valence-corrected chi connectivity index (χ1v) is 10.7. The second-order valence-electron chi connectivity index (χ2n) is 6.15. The molecule has 3 rings (SSSR count). The van der Waals surface area contributed by atoms with Crippen molar-refractivity contribution in [1.29, 1.82) is 0 Å². The van der Waals surface area contributed by atoms with Crippen molar-refractivity contribution in [3.63, 3.8) is 0 Å². The molecular formula is C21H21BrN4O2S. The van der Waals surface area contributed by atoms with Crippen LogP contribution in [0.2, 0.25) is 0 Å². The van der Waals surface area contributed by atoms with E-state index in [4.69, 9.17) is 4.74 Å². The highest BCUT2D eigenvalue weighted by atomic mass is 79.9. The second-order valence-corrected chi connectivity index (χ2v) is 8.12. The van der Waals surface area contributed by atoms with Gasteiger partial charge in [-0.25, -0.2) is 4.68 Å². The third kappa shape index (κ3) is 5.95. The van der Waals surface area contributed by atoms with Crippen molar-refractivity contribution in [3.05, 3.63) is 77.0 Å². The summed E-state index contributed by atoms with van der Waals surface area (Å²) in [5.74, 6) is 1.31. The maximum Gasteiger partial charge on any atom is 0.230 e. The number of hydrogen-bond donors (Lipinski definition) is 1. The van der Waals surface area contributed by atoms with Crippen molar-refractivity contribution in [2.45, 2.75) is 23.6 Å². The first kappa shape index (κ1) is 21.1. The lowest BCUT2D eigenvalue weighted by molar-refractivity contribution is -0.115. The van der Waals surface area contributed by atoms with E-state index in [2.05, 4.69) is 38.1 Å². The van der Waals surface area contributed by atoms with E-state index in [1.165, 1.54) is 0 Å². The molecular weight excluding hydrogens is 452 g/mol. The number of amides is 1. The fraction of sp³-hybridized carbons (Fsp3) is 0.190. The Morgan fingerprint density at radius 2 is 2.10 bits per heavy atom. The fourth-order valence-corrected chi connectivity index (χ4v) is 3.95. The number of anilines is 1. The molecule has 0 saturated heterocycles. The minimum atomic E-state index is -0.119. The number of benzene rings is 2. The van der Waals surface area contributed by atoms with Crippen LogP contribution in [0.15, 0.2) is 70.6 Å². The van der Waals surface area contributed by atoms with Crippen LogP contribution in [0, 0.1) is 0 Å². The summed E-state index contributed by atoms with van der Waals surface area (Å²) in [6.07, 6.45) is 1.93. The number of allylic oxidation sites excluding steroid dienone is 1. The molecule has 1 amide bonds. The lowest BCUT2D eigenvalue weighted by Crippen LogP contribution is -2.18. The number of thioether (sulfide) groups is 1. The van der Waals surface area contributed by atoms with Crippen LogP contribution in [-0.4, -0.2) is 28.0 Å². The monoisotopic (exact) mass is 472 g/mol. The van der Waals surface area contributed by atoms with E-state index >= 15 is 0 Å². The number of nitrogens with zero attached hydrogens (tertiary/aromatic N) is 3. The molecule has 0 aliphatic heterocycles. The summed E-state index contributed by atoms with van der Waals surface area (Å²) in [4.78, 5) is 13.7. The minimum absolute atomic E-state index is 0.119. The number of ether oxygens (including phenoxy) is 1. The highest BCUT2D eigenvalue weighted by Crippen LogP contribution is 2.26. The molecule has 0 bridgehead atoms. The molecule has 8 heteroatoms. The molecule has 0 unspecified atom stereocenters. The molecule has 1 aromatic heterocycles. The predicted octanol–water partition coefficient (Wildman–Crippen LogP) is 4.71. The first-order chi connectivity index (χ1) is 14.1. The van der Waals surface area contributed by atoms with Crippen molar-refractivity contribution >= 4 is 39.3 Å². The maximum absolute atomic E-state index is 12.6. The molecule has 6 nitrogen and oxygen atoms in total. The zero-order chi connectivity index (χ0) is 20.6. The number of nitrogens with one attached hydrogen (secondary N) is 1. The molecule has 0 saturated carbocycles. The van der Waals surface area contributed by atoms with Gasteiger partial charge in [-0.1, -0.05) is 33.3 Å². The van der Waals surface area contributed by atoms with Gasteiger partial charge in [0.05, 0.1) is 31.5 Å². The molecule has 0 aliphatic rings. The summed E-state index contributed by atoms with van der Waals surface area (Å²) in [6.45, 7) is 4.26. The van der Waals surface area contributed by atoms with E-state index in [-0.39, 0.29) is 12.3 Å². The SMILES string of the molecule is C=CCn1nnc(CSc2ccc(OC)cc2)c1CC(=O)Nc1cccc(Br)c1. The Morgan fingerprint density at radius 3 is 2.79 bits per heavy atom. The summed E-state index contributed by atoms with van der Waals surface area (Å²) in [5, 5.41) is 11.4. The van der Waals surface area contributed by atoms with E-state index < -0.39 is 0 Å². The lowest BCUT2D eigenvalue weighted by atomic mass is 10.2. The Morgan fingerprint density at radius 1 is 1.31 bits per heavy atom. The van der Waals surface area contributed by atoms with Crippen molar-refractivity contribution in [2.24, 2.45) is 0 Å². The van der Waals surface area contributed by atoms with Crippen molar-refractivity contribution in [3.8, 4) is 5.75 Å². The molecule has 0 spiro atoms. The van der Waals surface area contributed by atoms with Gasteiger partial charge in [0.2, 0.25) is 5.91 Å². The maximum atomic E-state index is 12.6. The van der Waals surface area contributed by atoms with Crippen LogP contribution in [0.1, 0.15) is 11.4 Å². The Labute approximate surface area is 182 Å². The van der Waals surface area contributed by atoms with Gasteiger partial charge >= 0.3 is 0 Å². The van der Waals surface area contributed by atoms with Crippen LogP contribution in [-0.2, 0) is 23.5 Å². The molecule has 0 atom stereocenters. The largest absolute Gasteiger partial charge is 0.497 e. The van der Waals surface area contributed by atoms with Gasteiger partial charge in [0, 0.05) is 20.8 Å². The average Bonchev–Trinajstić information content (AvgIpc) is 3.08. The minimum Gasteiger partial charge on any atom is -0.497 e. The summed E-state index contributed by atoms with van der Waals surface area (Å²) >= 11 is 5.05. The molecule has 0 fully saturated rings. The van der Waals surface area contributed by atoms with Crippen LogP contribution in [0.25, 0.3) is 0 Å². The van der Waals surface area contributed by atoms with E-state index in [9.17, 15) is 4.79 Å². The number of halogens is 1. The van der Waals surface area contributed by atoms with Gasteiger partial charge in [-0.05, 0) is 42.5 Å². The number of hydrogen-bond acceptors (Lipinski definition) is 5. The molecule has 0 aliphatic carbocycles. The molecule has 1 N–H and O–H groups in total. The summed E-state index contributed by atoms with van der Waals surface area (Å²) in [6, 6.07) is 15.3. The highest BCUT2D eigenvalue weighted by Gasteiger charge is 2.16. The Bertz CT molecular complexity index is 989. The van der Waals surface area contributed by atoms with E-state index in [0.717, 1.165) is 32.2 Å². The Kier molecular flexibility index (Phi) is 7.48. The van der Waals surface area contributed by atoms with Crippen molar-refractivity contribution in [2.75, 3.05) is 12.4 Å². The van der Waals surface area contributed by atoms with Gasteiger partial charge in [0.15, 0.2) is 0 Å². The standard InChI is InChI=1S/C21H21BrN4O2S/c1-3-11-26-20(13-21(27)23-16-6-4-5-15(22)12-16)19(24-25-26)14-29-18-9-7-17(28-2)8-10-18/h3-10,12H,1,11,13-14H2,2H3,(H,23,27). The van der Waals surface area contributed by atoms with Crippen molar-refractivity contribution in [1.82, 2.24) is 15.0 Å². The number of aromatic nitrogens is 3. The molecule has 150 valence electrons. The molecule has 3 aromatic rings. The third-order valence-corrected chi connectivity index (χ3v) is 5.61. The van der Waals surface area contributed by atoms with E-state index in [0.29, 0.717) is 12.3 Å². The molecule has 1 heterocycles. The Hall–Kier alpha value is -2.58. The zero-order valence-electron chi connectivity index (χ0n) is 16.0. The molecule has 2 aromatic carbocycles. The van der Waals surface area contributed by atoms with Crippen LogP contribution >= 0.6 is 27.7 Å². The van der Waals surface area contributed by atoms with Gasteiger partial charge in [0.1, 0.15) is 5.75 Å². The van der Waals surface area contributed by atoms with Crippen molar-refractivity contribution < 1.29 is 9.53 Å². The summed E-state index contributed by atoms with van der Waals surface area (Å²) in [5.41, 5.74) is 2.32. The average molecular weight is 473 g/mol. The quantitative estimate of drug-likeness (QED) is 0.360. The summed E-state index contributed by atoms with van der Waals surface area (Å²) in [7, 11) is 1.64. The van der Waals surface area contributed by atoms with Gasteiger partial charge in [-0.3, -0.25) is 4.79 Å². The second kappa shape index (κ2) is 10.3.